The molecule has 2 aromatic heterocycles. The van der Waals surface area contributed by atoms with Gasteiger partial charge in [0, 0.05) is 19.4 Å². The Hall–Kier alpha value is -1.23. The smallest absolute Gasteiger partial charge is 0.111 e. The van der Waals surface area contributed by atoms with E-state index in [9.17, 15) is 0 Å². The molecule has 0 N–H and O–H groups in total. The lowest BCUT2D eigenvalue weighted by atomic mass is 10.2. The van der Waals surface area contributed by atoms with E-state index in [1.165, 1.54) is 0 Å². The summed E-state index contributed by atoms with van der Waals surface area (Å²) in [6.07, 6.45) is 5.12. The monoisotopic (exact) mass is 252 g/mol. The molecular weight excluding hydrogens is 244 g/mol. The molecule has 0 saturated carbocycles. The first-order valence-electron chi connectivity index (χ1n) is 4.15. The molecule has 0 aliphatic carbocycles. The third-order valence-electron chi connectivity index (χ3n) is 2.00. The van der Waals surface area contributed by atoms with Crippen LogP contribution in [0.1, 0.15) is 5.69 Å². The molecule has 2 aromatic rings. The third-order valence-corrected chi connectivity index (χ3v) is 2.58. The van der Waals surface area contributed by atoms with Crippen LogP contribution < -0.4 is 0 Å². The Morgan fingerprint density at radius 2 is 2.00 bits per heavy atom. The van der Waals surface area contributed by atoms with Crippen molar-refractivity contribution >= 4 is 15.9 Å². The fourth-order valence-corrected chi connectivity index (χ4v) is 1.85. The molecule has 0 amide bonds. The van der Waals surface area contributed by atoms with E-state index in [0.29, 0.717) is 0 Å². The fourth-order valence-electron chi connectivity index (χ4n) is 1.32. The summed E-state index contributed by atoms with van der Waals surface area (Å²) in [6.45, 7) is 1.93. The Balaban J connectivity index is 2.66. The second kappa shape index (κ2) is 3.49. The zero-order valence-electron chi connectivity index (χ0n) is 7.90. The van der Waals surface area contributed by atoms with Crippen LogP contribution >= 0.6 is 15.9 Å². The quantitative estimate of drug-likeness (QED) is 0.780. The zero-order chi connectivity index (χ0) is 10.1. The van der Waals surface area contributed by atoms with E-state index < -0.39 is 0 Å². The van der Waals surface area contributed by atoms with Crippen LogP contribution in [0.25, 0.3) is 11.4 Å². The predicted octanol–water partition coefficient (Wildman–Crippen LogP) is 1.95. The topological polar surface area (TPSA) is 43.6 Å². The summed E-state index contributed by atoms with van der Waals surface area (Å²) in [4.78, 5) is 8.48. The third kappa shape index (κ3) is 1.43. The van der Waals surface area contributed by atoms with E-state index in [-0.39, 0.29) is 0 Å². The van der Waals surface area contributed by atoms with Crippen molar-refractivity contribution in [2.45, 2.75) is 6.92 Å². The van der Waals surface area contributed by atoms with Crippen LogP contribution in [0, 0.1) is 6.92 Å². The lowest BCUT2D eigenvalue weighted by Gasteiger charge is -2.04. The van der Waals surface area contributed by atoms with Crippen molar-refractivity contribution in [3.05, 3.63) is 28.8 Å². The zero-order valence-corrected chi connectivity index (χ0v) is 9.48. The SMILES string of the molecule is Cc1nccnc1-c1c(Br)cnn1C. The van der Waals surface area contributed by atoms with Gasteiger partial charge < -0.3 is 0 Å². The maximum atomic E-state index is 4.29. The van der Waals surface area contributed by atoms with Gasteiger partial charge in [-0.1, -0.05) is 0 Å². The summed E-state index contributed by atoms with van der Waals surface area (Å²) in [7, 11) is 1.88. The molecule has 0 unspecified atom stereocenters. The van der Waals surface area contributed by atoms with Crippen molar-refractivity contribution in [2.24, 2.45) is 7.05 Å². The van der Waals surface area contributed by atoms with Crippen LogP contribution in [0.5, 0.6) is 0 Å². The Morgan fingerprint density at radius 1 is 1.29 bits per heavy atom. The molecule has 0 fully saturated rings. The molecule has 0 aromatic carbocycles. The number of nitrogens with zero attached hydrogens (tertiary/aromatic N) is 4. The van der Waals surface area contributed by atoms with Gasteiger partial charge in [0.05, 0.1) is 16.4 Å². The van der Waals surface area contributed by atoms with E-state index >= 15 is 0 Å². The Morgan fingerprint density at radius 3 is 2.57 bits per heavy atom. The molecule has 14 heavy (non-hydrogen) atoms. The number of hydrogen-bond donors (Lipinski definition) is 0. The van der Waals surface area contributed by atoms with Crippen molar-refractivity contribution in [1.82, 2.24) is 19.7 Å². The molecule has 0 aliphatic heterocycles. The van der Waals surface area contributed by atoms with Crippen LogP contribution in [0.4, 0.5) is 0 Å². The Kier molecular flexibility index (Phi) is 2.33. The first kappa shape index (κ1) is 9.33. The lowest BCUT2D eigenvalue weighted by molar-refractivity contribution is 0.771. The Bertz CT molecular complexity index is 444. The first-order valence-corrected chi connectivity index (χ1v) is 4.95. The van der Waals surface area contributed by atoms with Gasteiger partial charge >= 0.3 is 0 Å². The minimum absolute atomic E-state index is 0.861. The second-order valence-corrected chi connectivity index (χ2v) is 3.81. The van der Waals surface area contributed by atoms with Crippen molar-refractivity contribution in [1.29, 1.82) is 0 Å². The average molecular weight is 253 g/mol. The van der Waals surface area contributed by atoms with Crippen LogP contribution in [-0.2, 0) is 7.05 Å². The molecule has 0 radical (unpaired) electrons. The molecule has 0 aliphatic rings. The van der Waals surface area contributed by atoms with E-state index in [0.717, 1.165) is 21.6 Å². The summed E-state index contributed by atoms with van der Waals surface area (Å²) < 4.78 is 2.71. The molecular formula is C9H9BrN4. The van der Waals surface area contributed by atoms with Gasteiger partial charge in [0.25, 0.3) is 0 Å². The minimum atomic E-state index is 0.861. The average Bonchev–Trinajstić information content (AvgIpc) is 2.48. The number of aryl methyl sites for hydroxylation is 2. The highest BCUT2D eigenvalue weighted by Crippen LogP contribution is 2.26. The number of hydrogen-bond acceptors (Lipinski definition) is 3. The standard InChI is InChI=1S/C9H9BrN4/c1-6-8(12-4-3-11-6)9-7(10)5-13-14(9)2/h3-5H,1-2H3. The van der Waals surface area contributed by atoms with Gasteiger partial charge in [0.2, 0.25) is 0 Å². The molecule has 0 bridgehead atoms. The predicted molar refractivity (Wildman–Crippen MR) is 56.7 cm³/mol. The highest BCUT2D eigenvalue weighted by molar-refractivity contribution is 9.10. The van der Waals surface area contributed by atoms with Gasteiger partial charge in [-0.25, -0.2) is 0 Å². The molecule has 0 atom stereocenters. The van der Waals surface area contributed by atoms with E-state index in [1.807, 2.05) is 14.0 Å². The van der Waals surface area contributed by atoms with Crippen molar-refractivity contribution < 1.29 is 0 Å². The van der Waals surface area contributed by atoms with Crippen LogP contribution in [0.3, 0.4) is 0 Å². The van der Waals surface area contributed by atoms with Gasteiger partial charge in [-0.3, -0.25) is 14.6 Å². The van der Waals surface area contributed by atoms with Crippen LogP contribution in [0.2, 0.25) is 0 Å². The summed E-state index contributed by atoms with van der Waals surface area (Å²) in [6, 6.07) is 0. The lowest BCUT2D eigenvalue weighted by Crippen LogP contribution is -1.98. The fraction of sp³-hybridized carbons (Fsp3) is 0.222. The number of rotatable bonds is 1. The van der Waals surface area contributed by atoms with Crippen molar-refractivity contribution in [3.63, 3.8) is 0 Å². The molecule has 4 nitrogen and oxygen atoms in total. The maximum absolute atomic E-state index is 4.29. The second-order valence-electron chi connectivity index (χ2n) is 2.96. The largest absolute Gasteiger partial charge is 0.265 e. The van der Waals surface area contributed by atoms with E-state index in [4.69, 9.17) is 0 Å². The van der Waals surface area contributed by atoms with Crippen LogP contribution in [-0.4, -0.2) is 19.7 Å². The van der Waals surface area contributed by atoms with Gasteiger partial charge in [-0.05, 0) is 22.9 Å². The van der Waals surface area contributed by atoms with Gasteiger partial charge in [-0.15, -0.1) is 0 Å². The molecule has 2 rings (SSSR count). The summed E-state index contributed by atoms with van der Waals surface area (Å²) >= 11 is 3.44. The summed E-state index contributed by atoms with van der Waals surface area (Å²) in [5, 5.41) is 4.14. The molecule has 0 saturated heterocycles. The summed E-state index contributed by atoms with van der Waals surface area (Å²) in [5.74, 6) is 0. The van der Waals surface area contributed by atoms with Gasteiger partial charge in [0.1, 0.15) is 11.4 Å². The molecule has 5 heteroatoms. The van der Waals surface area contributed by atoms with Gasteiger partial charge in [0.15, 0.2) is 0 Å². The summed E-state index contributed by atoms with van der Waals surface area (Å²) in [5.41, 5.74) is 2.71. The minimum Gasteiger partial charge on any atom is -0.265 e. The Labute approximate surface area is 90.1 Å². The molecule has 0 spiro atoms. The maximum Gasteiger partial charge on any atom is 0.111 e. The van der Waals surface area contributed by atoms with Crippen LogP contribution in [0.15, 0.2) is 23.1 Å². The van der Waals surface area contributed by atoms with E-state index in [2.05, 4.69) is 31.0 Å². The van der Waals surface area contributed by atoms with Crippen molar-refractivity contribution in [3.8, 4) is 11.4 Å². The molecule has 72 valence electrons. The normalized spacial score (nSPS) is 10.5. The first-order chi connectivity index (χ1) is 6.70. The van der Waals surface area contributed by atoms with E-state index in [1.54, 1.807) is 23.3 Å². The van der Waals surface area contributed by atoms with Crippen molar-refractivity contribution in [2.75, 3.05) is 0 Å². The number of aromatic nitrogens is 4. The highest BCUT2D eigenvalue weighted by Gasteiger charge is 2.12. The number of halogens is 1. The molecule has 2 heterocycles. The van der Waals surface area contributed by atoms with Gasteiger partial charge in [-0.2, -0.15) is 5.10 Å². The highest BCUT2D eigenvalue weighted by atomic mass is 79.9.